The summed E-state index contributed by atoms with van der Waals surface area (Å²) < 4.78 is 26.4. The van der Waals surface area contributed by atoms with Crippen LogP contribution in [0, 0.1) is 11.6 Å². The van der Waals surface area contributed by atoms with Gasteiger partial charge in [-0.1, -0.05) is 0 Å². The van der Waals surface area contributed by atoms with E-state index in [1.165, 1.54) is 0 Å². The number of hydrogen-bond acceptors (Lipinski definition) is 3. The molecule has 1 amide bonds. The molecule has 1 saturated heterocycles. The van der Waals surface area contributed by atoms with E-state index in [0.29, 0.717) is 19.4 Å². The fraction of sp³-hybridized carbons (Fsp3) is 0.417. The third-order valence-corrected chi connectivity index (χ3v) is 3.08. The fourth-order valence-corrected chi connectivity index (χ4v) is 2.05. The molecule has 18 heavy (non-hydrogen) atoms. The number of likely N-dealkylation sites (tertiary alicyclic amines) is 1. The molecule has 1 aromatic rings. The van der Waals surface area contributed by atoms with Crippen LogP contribution in [0.4, 0.5) is 20.2 Å². The molecule has 3 N–H and O–H groups in total. The van der Waals surface area contributed by atoms with Crippen LogP contribution >= 0.6 is 0 Å². The number of benzene rings is 1. The van der Waals surface area contributed by atoms with Gasteiger partial charge in [-0.2, -0.15) is 0 Å². The van der Waals surface area contributed by atoms with Crippen molar-refractivity contribution in [1.29, 1.82) is 0 Å². The number of nitrogens with zero attached hydrogens (tertiary/aromatic N) is 1. The van der Waals surface area contributed by atoms with Crippen LogP contribution < -0.4 is 11.1 Å². The summed E-state index contributed by atoms with van der Waals surface area (Å²) in [5.41, 5.74) is 5.68. The Morgan fingerprint density at radius 1 is 1.44 bits per heavy atom. The monoisotopic (exact) mass is 255 g/mol. The van der Waals surface area contributed by atoms with Gasteiger partial charge in [0, 0.05) is 32.1 Å². The van der Waals surface area contributed by atoms with Crippen LogP contribution in [0.3, 0.4) is 0 Å². The third kappa shape index (κ3) is 2.52. The number of anilines is 2. The van der Waals surface area contributed by atoms with Crippen LogP contribution in [0.2, 0.25) is 0 Å². The quantitative estimate of drug-likeness (QED) is 0.789. The molecule has 1 aromatic carbocycles. The topological polar surface area (TPSA) is 58.4 Å². The molecular weight excluding hydrogens is 240 g/mol. The average molecular weight is 255 g/mol. The van der Waals surface area contributed by atoms with Gasteiger partial charge >= 0.3 is 0 Å². The van der Waals surface area contributed by atoms with Crippen molar-refractivity contribution in [3.05, 3.63) is 23.8 Å². The molecule has 1 unspecified atom stereocenters. The first-order valence-electron chi connectivity index (χ1n) is 5.72. The molecule has 1 aliphatic heterocycles. The molecule has 98 valence electrons. The molecule has 0 radical (unpaired) electrons. The summed E-state index contributed by atoms with van der Waals surface area (Å²) in [6.07, 6.45) is 1.05. The Kier molecular flexibility index (Phi) is 3.36. The van der Waals surface area contributed by atoms with E-state index in [-0.39, 0.29) is 23.3 Å². The number of carbonyl (C=O) groups is 1. The maximum atomic E-state index is 13.3. The van der Waals surface area contributed by atoms with Gasteiger partial charge in [-0.25, -0.2) is 8.78 Å². The number of carbonyl (C=O) groups excluding carboxylic acids is 1. The van der Waals surface area contributed by atoms with Crippen molar-refractivity contribution >= 4 is 17.3 Å². The Morgan fingerprint density at radius 2 is 2.17 bits per heavy atom. The first-order valence-corrected chi connectivity index (χ1v) is 5.72. The first-order chi connectivity index (χ1) is 8.47. The standard InChI is InChI=1S/C12H15F2N3O/c1-17-6-8(2-3-11(17)18)16-10-5-7(13)4-9(14)12(10)15/h4-5,8,16H,2-3,6,15H2,1H3. The lowest BCUT2D eigenvalue weighted by Gasteiger charge is -2.31. The SMILES string of the molecule is CN1CC(Nc2cc(F)cc(F)c2N)CCC1=O. The van der Waals surface area contributed by atoms with Crippen molar-refractivity contribution in [2.24, 2.45) is 0 Å². The highest BCUT2D eigenvalue weighted by Gasteiger charge is 2.23. The van der Waals surface area contributed by atoms with Crippen molar-refractivity contribution in [2.45, 2.75) is 18.9 Å². The summed E-state index contributed by atoms with van der Waals surface area (Å²) in [5, 5.41) is 2.98. The Morgan fingerprint density at radius 3 is 2.83 bits per heavy atom. The molecular formula is C12H15F2N3O. The minimum Gasteiger partial charge on any atom is -0.395 e. The van der Waals surface area contributed by atoms with E-state index in [1.807, 2.05) is 0 Å². The zero-order valence-corrected chi connectivity index (χ0v) is 10.0. The number of piperidine rings is 1. The van der Waals surface area contributed by atoms with E-state index < -0.39 is 11.6 Å². The molecule has 0 aromatic heterocycles. The first kappa shape index (κ1) is 12.6. The van der Waals surface area contributed by atoms with Crippen LogP contribution in [-0.4, -0.2) is 30.4 Å². The number of nitrogens with one attached hydrogen (secondary N) is 1. The summed E-state index contributed by atoms with van der Waals surface area (Å²) in [6.45, 7) is 0.496. The van der Waals surface area contributed by atoms with Gasteiger partial charge in [0.15, 0.2) is 5.82 Å². The van der Waals surface area contributed by atoms with Crippen LogP contribution in [0.1, 0.15) is 12.8 Å². The third-order valence-electron chi connectivity index (χ3n) is 3.08. The highest BCUT2D eigenvalue weighted by molar-refractivity contribution is 5.77. The molecule has 4 nitrogen and oxygen atoms in total. The van der Waals surface area contributed by atoms with E-state index >= 15 is 0 Å². The molecule has 0 aliphatic carbocycles. The number of likely N-dealkylation sites (N-methyl/N-ethyl adjacent to an activating group) is 1. The molecule has 2 rings (SSSR count). The Hall–Kier alpha value is -1.85. The molecule has 0 spiro atoms. The van der Waals surface area contributed by atoms with Gasteiger partial charge in [0.2, 0.25) is 5.91 Å². The summed E-state index contributed by atoms with van der Waals surface area (Å²) in [6, 6.07) is 1.86. The summed E-state index contributed by atoms with van der Waals surface area (Å²) in [7, 11) is 1.70. The highest BCUT2D eigenvalue weighted by Crippen LogP contribution is 2.25. The minimum atomic E-state index is -0.780. The molecule has 1 aliphatic rings. The van der Waals surface area contributed by atoms with Gasteiger partial charge in [-0.15, -0.1) is 0 Å². The predicted octanol–water partition coefficient (Wildman–Crippen LogP) is 1.58. The normalized spacial score (nSPS) is 20.1. The molecule has 1 atom stereocenters. The highest BCUT2D eigenvalue weighted by atomic mass is 19.1. The average Bonchev–Trinajstić information content (AvgIpc) is 2.30. The van der Waals surface area contributed by atoms with Crippen molar-refractivity contribution < 1.29 is 13.6 Å². The van der Waals surface area contributed by atoms with Gasteiger partial charge in [0.1, 0.15) is 5.82 Å². The van der Waals surface area contributed by atoms with E-state index in [2.05, 4.69) is 5.32 Å². The summed E-state index contributed by atoms with van der Waals surface area (Å²) >= 11 is 0. The summed E-state index contributed by atoms with van der Waals surface area (Å²) in [5.74, 6) is -1.38. The van der Waals surface area contributed by atoms with Crippen molar-refractivity contribution in [1.82, 2.24) is 4.90 Å². The van der Waals surface area contributed by atoms with Gasteiger partial charge < -0.3 is 16.0 Å². The van der Waals surface area contributed by atoms with Gasteiger partial charge in [0.25, 0.3) is 0 Å². The Bertz CT molecular complexity index is 479. The van der Waals surface area contributed by atoms with E-state index in [0.717, 1.165) is 12.1 Å². The molecule has 0 saturated carbocycles. The largest absolute Gasteiger partial charge is 0.395 e. The zero-order chi connectivity index (χ0) is 13.3. The minimum absolute atomic E-state index is 0.0452. The molecule has 1 fully saturated rings. The Balaban J connectivity index is 2.12. The Labute approximate surface area is 104 Å². The second-order valence-electron chi connectivity index (χ2n) is 4.50. The van der Waals surface area contributed by atoms with Crippen molar-refractivity contribution in [3.63, 3.8) is 0 Å². The molecule has 6 heteroatoms. The fourth-order valence-electron chi connectivity index (χ4n) is 2.05. The van der Waals surface area contributed by atoms with Crippen LogP contribution in [0.25, 0.3) is 0 Å². The number of hydrogen-bond donors (Lipinski definition) is 2. The maximum absolute atomic E-state index is 13.3. The van der Waals surface area contributed by atoms with E-state index in [9.17, 15) is 13.6 Å². The van der Waals surface area contributed by atoms with E-state index in [1.54, 1.807) is 11.9 Å². The van der Waals surface area contributed by atoms with Crippen LogP contribution in [0.15, 0.2) is 12.1 Å². The lowest BCUT2D eigenvalue weighted by atomic mass is 10.1. The smallest absolute Gasteiger partial charge is 0.222 e. The zero-order valence-electron chi connectivity index (χ0n) is 10.0. The van der Waals surface area contributed by atoms with Gasteiger partial charge in [-0.05, 0) is 12.5 Å². The number of nitrogen functional groups attached to an aromatic ring is 1. The molecule has 1 heterocycles. The molecule has 0 bridgehead atoms. The second-order valence-corrected chi connectivity index (χ2v) is 4.50. The number of halogens is 2. The number of nitrogens with two attached hydrogens (primary N) is 1. The van der Waals surface area contributed by atoms with Gasteiger partial charge in [0.05, 0.1) is 11.4 Å². The van der Waals surface area contributed by atoms with Crippen molar-refractivity contribution in [2.75, 3.05) is 24.6 Å². The predicted molar refractivity (Wildman–Crippen MR) is 65.1 cm³/mol. The van der Waals surface area contributed by atoms with Crippen molar-refractivity contribution in [3.8, 4) is 0 Å². The number of amides is 1. The van der Waals surface area contributed by atoms with Gasteiger partial charge in [-0.3, -0.25) is 4.79 Å². The maximum Gasteiger partial charge on any atom is 0.222 e. The number of rotatable bonds is 2. The van der Waals surface area contributed by atoms with E-state index in [4.69, 9.17) is 5.73 Å². The second kappa shape index (κ2) is 4.80. The lowest BCUT2D eigenvalue weighted by molar-refractivity contribution is -0.132. The lowest BCUT2D eigenvalue weighted by Crippen LogP contribution is -2.43. The summed E-state index contributed by atoms with van der Waals surface area (Å²) in [4.78, 5) is 12.9. The van der Waals surface area contributed by atoms with Crippen LogP contribution in [-0.2, 0) is 4.79 Å². The van der Waals surface area contributed by atoms with Crippen LogP contribution in [0.5, 0.6) is 0 Å².